The van der Waals surface area contributed by atoms with Crippen molar-refractivity contribution < 1.29 is 41.0 Å². The molecule has 0 saturated heterocycles. The van der Waals surface area contributed by atoms with Crippen LogP contribution in [0.1, 0.15) is 15.9 Å². The fraction of sp³-hybridized carbons (Fsp3) is 0.222. The highest BCUT2D eigenvalue weighted by Crippen LogP contribution is 2.31. The molecule has 20 heavy (non-hydrogen) atoms. The summed E-state index contributed by atoms with van der Waals surface area (Å²) in [4.78, 5) is 24.2. The largest absolute Gasteiger partial charge is 0.478 e. The van der Waals surface area contributed by atoms with E-state index in [1.54, 1.807) is 0 Å². The van der Waals surface area contributed by atoms with Crippen LogP contribution in [0, 0.1) is 0 Å². The highest BCUT2D eigenvalue weighted by Gasteiger charge is 2.40. The number of carbonyl (C=O) groups is 2. The first-order valence-corrected chi connectivity index (χ1v) is 4.61. The molecule has 1 heterocycles. The molecule has 0 aliphatic rings. The topological polar surface area (TPSA) is 79.3 Å². The first kappa shape index (κ1) is 15.7. The number of aromatic nitrogens is 1. The van der Waals surface area contributed by atoms with E-state index in [0.29, 0.717) is 0 Å². The molecule has 0 bridgehead atoms. The third-order valence-corrected chi connectivity index (χ3v) is 1.93. The molecule has 0 unspecified atom stereocenters. The summed E-state index contributed by atoms with van der Waals surface area (Å²) in [5.41, 5.74) is -2.68. The van der Waals surface area contributed by atoms with Crippen LogP contribution in [0.15, 0.2) is 12.3 Å². The minimum Gasteiger partial charge on any atom is -0.478 e. The van der Waals surface area contributed by atoms with Crippen molar-refractivity contribution in [1.82, 2.24) is 4.98 Å². The molecule has 1 aromatic rings. The monoisotopic (exact) mass is 302 g/mol. The normalized spacial score (nSPS) is 12.1. The number of carboxylic acids is 1. The number of alkyl halides is 6. The lowest BCUT2D eigenvalue weighted by Crippen LogP contribution is -2.31. The standard InChI is InChI=1S/C9H4F6N2O3/c10-8(11,12)3-1-4(6(18)19)5(16-2-3)17-7(20)9(13,14)15/h1-2H,(H,18,19)(H,16,17,20). The number of aromatic carboxylic acids is 1. The van der Waals surface area contributed by atoms with Crippen molar-refractivity contribution in [1.29, 1.82) is 0 Å². The third-order valence-electron chi connectivity index (χ3n) is 1.93. The Labute approximate surface area is 106 Å². The van der Waals surface area contributed by atoms with Gasteiger partial charge < -0.3 is 10.4 Å². The molecule has 0 atom stereocenters. The van der Waals surface area contributed by atoms with Crippen molar-refractivity contribution in [2.75, 3.05) is 5.32 Å². The van der Waals surface area contributed by atoms with Gasteiger partial charge in [0, 0.05) is 6.20 Å². The number of nitrogens with zero attached hydrogens (tertiary/aromatic N) is 1. The van der Waals surface area contributed by atoms with Gasteiger partial charge in [-0.25, -0.2) is 9.78 Å². The van der Waals surface area contributed by atoms with Crippen molar-refractivity contribution in [3.8, 4) is 0 Å². The number of rotatable bonds is 2. The van der Waals surface area contributed by atoms with Crippen LogP contribution < -0.4 is 5.32 Å². The summed E-state index contributed by atoms with van der Waals surface area (Å²) in [5, 5.41) is 9.72. The zero-order chi connectivity index (χ0) is 15.7. The van der Waals surface area contributed by atoms with E-state index in [2.05, 4.69) is 4.98 Å². The minimum atomic E-state index is -5.33. The molecule has 2 N–H and O–H groups in total. The van der Waals surface area contributed by atoms with E-state index in [9.17, 15) is 35.9 Å². The second kappa shape index (κ2) is 4.98. The van der Waals surface area contributed by atoms with Crippen molar-refractivity contribution in [2.24, 2.45) is 0 Å². The Balaban J connectivity index is 3.22. The first-order chi connectivity index (χ1) is 8.93. The van der Waals surface area contributed by atoms with Gasteiger partial charge in [-0.15, -0.1) is 0 Å². The quantitative estimate of drug-likeness (QED) is 0.822. The number of halogens is 6. The van der Waals surface area contributed by atoms with Gasteiger partial charge in [0.05, 0.1) is 5.56 Å². The summed E-state index contributed by atoms with van der Waals surface area (Å²) in [6.45, 7) is 0. The molecule has 0 aliphatic carbocycles. The van der Waals surface area contributed by atoms with Gasteiger partial charge in [0.25, 0.3) is 0 Å². The van der Waals surface area contributed by atoms with Crippen LogP contribution in [-0.4, -0.2) is 28.1 Å². The van der Waals surface area contributed by atoms with Crippen LogP contribution in [-0.2, 0) is 11.0 Å². The van der Waals surface area contributed by atoms with Crippen molar-refractivity contribution in [3.63, 3.8) is 0 Å². The predicted molar refractivity (Wildman–Crippen MR) is 50.9 cm³/mol. The highest BCUT2D eigenvalue weighted by molar-refractivity contribution is 6.01. The van der Waals surface area contributed by atoms with E-state index in [1.807, 2.05) is 0 Å². The minimum absolute atomic E-state index is 0.0708. The second-order valence-corrected chi connectivity index (χ2v) is 3.37. The van der Waals surface area contributed by atoms with Crippen LogP contribution >= 0.6 is 0 Å². The molecule has 11 heteroatoms. The Kier molecular flexibility index (Phi) is 3.92. The first-order valence-electron chi connectivity index (χ1n) is 4.61. The molecular weight excluding hydrogens is 298 g/mol. The lowest BCUT2D eigenvalue weighted by molar-refractivity contribution is -0.167. The number of carbonyl (C=O) groups excluding carboxylic acids is 1. The van der Waals surface area contributed by atoms with Gasteiger partial charge in [-0.1, -0.05) is 0 Å². The molecule has 0 saturated carbocycles. The number of carboxylic acid groups (broad SMARTS) is 1. The number of amides is 1. The third kappa shape index (κ3) is 3.59. The Morgan fingerprint density at radius 3 is 2.10 bits per heavy atom. The fourth-order valence-corrected chi connectivity index (χ4v) is 1.06. The van der Waals surface area contributed by atoms with Gasteiger partial charge in [-0.2, -0.15) is 26.3 Å². The van der Waals surface area contributed by atoms with E-state index in [-0.39, 0.29) is 12.3 Å². The van der Waals surface area contributed by atoms with Gasteiger partial charge in [0.2, 0.25) is 0 Å². The van der Waals surface area contributed by atoms with Crippen molar-refractivity contribution >= 4 is 17.7 Å². The number of nitrogens with one attached hydrogen (secondary N) is 1. The van der Waals surface area contributed by atoms with Crippen LogP contribution in [0.2, 0.25) is 0 Å². The molecular formula is C9H4F6N2O3. The molecule has 1 rings (SSSR count). The van der Waals surface area contributed by atoms with Gasteiger partial charge in [0.15, 0.2) is 0 Å². The lowest BCUT2D eigenvalue weighted by atomic mass is 10.2. The Hall–Kier alpha value is -2.33. The van der Waals surface area contributed by atoms with Gasteiger partial charge in [0.1, 0.15) is 11.4 Å². The van der Waals surface area contributed by atoms with Crippen LogP contribution in [0.4, 0.5) is 32.2 Å². The van der Waals surface area contributed by atoms with Crippen LogP contribution in [0.3, 0.4) is 0 Å². The number of pyridine rings is 1. The Morgan fingerprint density at radius 2 is 1.70 bits per heavy atom. The van der Waals surface area contributed by atoms with Gasteiger partial charge >= 0.3 is 24.2 Å². The zero-order valence-electron chi connectivity index (χ0n) is 9.13. The number of anilines is 1. The fourth-order valence-electron chi connectivity index (χ4n) is 1.06. The SMILES string of the molecule is O=C(O)c1cc(C(F)(F)F)cnc1NC(=O)C(F)(F)F. The van der Waals surface area contributed by atoms with E-state index in [4.69, 9.17) is 5.11 Å². The van der Waals surface area contributed by atoms with Crippen molar-refractivity contribution in [3.05, 3.63) is 23.4 Å². The second-order valence-electron chi connectivity index (χ2n) is 3.37. The summed E-state index contributed by atoms with van der Waals surface area (Å²) in [5.74, 6) is -5.65. The molecule has 0 spiro atoms. The van der Waals surface area contributed by atoms with Crippen LogP contribution in [0.5, 0.6) is 0 Å². The summed E-state index contributed by atoms with van der Waals surface area (Å²) in [7, 11) is 0. The highest BCUT2D eigenvalue weighted by atomic mass is 19.4. The maximum atomic E-state index is 12.3. The lowest BCUT2D eigenvalue weighted by Gasteiger charge is -2.12. The Bertz CT molecular complexity index is 552. The zero-order valence-corrected chi connectivity index (χ0v) is 9.13. The summed E-state index contributed by atoms with van der Waals surface area (Å²) in [6.07, 6.45) is -10.2. The Morgan fingerprint density at radius 1 is 1.15 bits per heavy atom. The predicted octanol–water partition coefficient (Wildman–Crippen LogP) is 2.30. The van der Waals surface area contributed by atoms with Gasteiger partial charge in [-0.3, -0.25) is 4.79 Å². The number of hydrogen-bond donors (Lipinski definition) is 2. The summed E-state index contributed by atoms with van der Waals surface area (Å²) in [6, 6.07) is 0.0708. The van der Waals surface area contributed by atoms with E-state index in [0.717, 1.165) is 5.32 Å². The molecule has 0 radical (unpaired) electrons. The maximum absolute atomic E-state index is 12.3. The molecule has 0 fully saturated rings. The molecule has 5 nitrogen and oxygen atoms in total. The van der Waals surface area contributed by atoms with E-state index >= 15 is 0 Å². The number of hydrogen-bond acceptors (Lipinski definition) is 3. The molecule has 110 valence electrons. The molecule has 1 aromatic heterocycles. The summed E-state index contributed by atoms with van der Waals surface area (Å²) < 4.78 is 72.9. The van der Waals surface area contributed by atoms with E-state index in [1.165, 1.54) is 0 Å². The van der Waals surface area contributed by atoms with Crippen LogP contribution in [0.25, 0.3) is 0 Å². The average Bonchev–Trinajstić information content (AvgIpc) is 2.26. The molecule has 0 aliphatic heterocycles. The van der Waals surface area contributed by atoms with Gasteiger partial charge in [-0.05, 0) is 6.07 Å². The average molecular weight is 302 g/mol. The molecule has 0 aromatic carbocycles. The summed E-state index contributed by atoms with van der Waals surface area (Å²) >= 11 is 0. The molecule has 1 amide bonds. The maximum Gasteiger partial charge on any atom is 0.471 e. The van der Waals surface area contributed by atoms with E-state index < -0.39 is 41.2 Å². The van der Waals surface area contributed by atoms with Crippen molar-refractivity contribution in [2.45, 2.75) is 12.4 Å². The smallest absolute Gasteiger partial charge is 0.471 e.